The summed E-state index contributed by atoms with van der Waals surface area (Å²) < 4.78 is 65.9. The Morgan fingerprint density at radius 1 is 1.07 bits per heavy atom. The number of benzene rings is 1. The molecular weight excluding hydrogens is 423 g/mol. The van der Waals surface area contributed by atoms with E-state index in [2.05, 4.69) is 10.1 Å². The van der Waals surface area contributed by atoms with Crippen LogP contribution in [0.2, 0.25) is 0 Å². The molecule has 0 aliphatic rings. The fourth-order valence-corrected chi connectivity index (χ4v) is 3.58. The van der Waals surface area contributed by atoms with Crippen LogP contribution in [0.3, 0.4) is 0 Å². The highest BCUT2D eigenvalue weighted by atomic mass is 32.2. The number of carboxylic acids is 1. The van der Waals surface area contributed by atoms with Gasteiger partial charge in [0.15, 0.2) is 15.5 Å². The molecule has 1 atom stereocenters. The van der Waals surface area contributed by atoms with Crippen LogP contribution in [-0.2, 0) is 20.8 Å². The largest absolute Gasteiger partial charge is 0.480 e. The molecule has 3 rings (SSSR count). The molecule has 1 N–H and O–H groups in total. The van der Waals surface area contributed by atoms with Crippen LogP contribution in [0.4, 0.5) is 13.2 Å². The van der Waals surface area contributed by atoms with Gasteiger partial charge >= 0.3 is 12.1 Å². The molecule has 0 radical (unpaired) electrons. The Hall–Kier alpha value is -3.21. The summed E-state index contributed by atoms with van der Waals surface area (Å²) in [5.41, 5.74) is -1.31. The van der Waals surface area contributed by atoms with Gasteiger partial charge < -0.3 is 5.11 Å². The number of carbonyl (C=O) groups is 1. The molecule has 7 nitrogen and oxygen atoms in total. The predicted octanol–water partition coefficient (Wildman–Crippen LogP) is 3.68. The summed E-state index contributed by atoms with van der Waals surface area (Å²) in [4.78, 5) is 15.2. The molecule has 0 amide bonds. The van der Waals surface area contributed by atoms with Crippen LogP contribution in [0.15, 0.2) is 53.7 Å². The summed E-state index contributed by atoms with van der Waals surface area (Å²) in [6.07, 6.45) is -1.27. The average molecular weight is 439 g/mol. The van der Waals surface area contributed by atoms with Crippen LogP contribution in [0.1, 0.15) is 18.7 Å². The maximum atomic E-state index is 14.0. The molecule has 3 aromatic rings. The topological polar surface area (TPSA) is 102 Å². The number of aliphatic carboxylic acids is 1. The van der Waals surface area contributed by atoms with E-state index in [1.165, 1.54) is 48.8 Å². The van der Waals surface area contributed by atoms with Gasteiger partial charge in [0.2, 0.25) is 0 Å². The van der Waals surface area contributed by atoms with Crippen molar-refractivity contribution in [3.05, 3.63) is 54.5 Å². The summed E-state index contributed by atoms with van der Waals surface area (Å²) in [7, 11) is -3.51. The summed E-state index contributed by atoms with van der Waals surface area (Å²) in [6.45, 7) is 1.09. The van der Waals surface area contributed by atoms with Crippen LogP contribution in [-0.4, -0.2) is 40.5 Å². The molecule has 0 aliphatic carbocycles. The maximum Gasteiger partial charge on any atom is 0.433 e. The number of halogens is 3. The monoisotopic (exact) mass is 439 g/mol. The Morgan fingerprint density at radius 2 is 1.63 bits per heavy atom. The second kappa shape index (κ2) is 7.56. The van der Waals surface area contributed by atoms with Crippen molar-refractivity contribution in [3.63, 3.8) is 0 Å². The number of aromatic nitrogens is 3. The van der Waals surface area contributed by atoms with Crippen molar-refractivity contribution in [3.8, 4) is 22.4 Å². The second-order valence-electron chi connectivity index (χ2n) is 6.56. The molecule has 0 spiro atoms. The maximum absolute atomic E-state index is 14.0. The highest BCUT2D eigenvalue weighted by molar-refractivity contribution is 7.90. The fourth-order valence-electron chi connectivity index (χ4n) is 2.95. The minimum absolute atomic E-state index is 0.00825. The van der Waals surface area contributed by atoms with Gasteiger partial charge in [0.1, 0.15) is 11.7 Å². The average Bonchev–Trinajstić information content (AvgIpc) is 3.08. The van der Waals surface area contributed by atoms with Gasteiger partial charge in [0, 0.05) is 29.8 Å². The molecule has 30 heavy (non-hydrogen) atoms. The van der Waals surface area contributed by atoms with E-state index >= 15 is 0 Å². The lowest BCUT2D eigenvalue weighted by atomic mass is 9.99. The third kappa shape index (κ3) is 4.06. The number of carboxylic acid groups (broad SMARTS) is 1. The SMILES string of the molecule is CC(C(=O)O)n1nc(-c2ccc(S(C)(=O)=O)cc2)c(-c2ccncc2)c1C(F)(F)F. The normalized spacial score (nSPS) is 13.2. The number of sulfone groups is 1. The highest BCUT2D eigenvalue weighted by Crippen LogP contribution is 2.43. The van der Waals surface area contributed by atoms with Gasteiger partial charge in [-0.3, -0.25) is 4.98 Å². The Labute approximate surface area is 169 Å². The van der Waals surface area contributed by atoms with Crippen molar-refractivity contribution in [1.29, 1.82) is 0 Å². The second-order valence-corrected chi connectivity index (χ2v) is 8.58. The molecule has 11 heteroatoms. The molecule has 0 bridgehead atoms. The highest BCUT2D eigenvalue weighted by Gasteiger charge is 2.42. The van der Waals surface area contributed by atoms with Crippen LogP contribution in [0, 0.1) is 0 Å². The van der Waals surface area contributed by atoms with Gasteiger partial charge in [0.25, 0.3) is 0 Å². The van der Waals surface area contributed by atoms with E-state index in [9.17, 15) is 31.5 Å². The van der Waals surface area contributed by atoms with Crippen molar-refractivity contribution in [1.82, 2.24) is 14.8 Å². The van der Waals surface area contributed by atoms with Crippen molar-refractivity contribution in [2.24, 2.45) is 0 Å². The van der Waals surface area contributed by atoms with E-state index in [4.69, 9.17) is 0 Å². The fraction of sp³-hybridized carbons (Fsp3) is 0.211. The summed E-state index contributed by atoms with van der Waals surface area (Å²) in [5, 5.41) is 13.3. The van der Waals surface area contributed by atoms with Crippen LogP contribution in [0.5, 0.6) is 0 Å². The molecule has 0 aliphatic heterocycles. The first kappa shape index (κ1) is 21.5. The standard InChI is InChI=1S/C19H16F3N3O4S/c1-11(18(26)27)25-17(19(20,21)22)15(12-7-9-23-10-8-12)16(24-25)13-3-5-14(6-4-13)30(2,28)29/h3-11H,1-2H3,(H,26,27). The van der Waals surface area contributed by atoms with Crippen molar-refractivity contribution in [2.45, 2.75) is 24.0 Å². The Balaban J connectivity index is 2.36. The van der Waals surface area contributed by atoms with E-state index in [0.29, 0.717) is 4.68 Å². The number of hydrogen-bond donors (Lipinski definition) is 1. The molecule has 1 aromatic carbocycles. The molecule has 0 fully saturated rings. The third-order valence-electron chi connectivity index (χ3n) is 4.43. The number of rotatable bonds is 5. The number of hydrogen-bond acceptors (Lipinski definition) is 5. The first-order chi connectivity index (χ1) is 13.9. The molecule has 0 saturated carbocycles. The van der Waals surface area contributed by atoms with E-state index in [0.717, 1.165) is 13.2 Å². The molecule has 0 saturated heterocycles. The minimum atomic E-state index is -4.90. The molecular formula is C19H16F3N3O4S. The van der Waals surface area contributed by atoms with Gasteiger partial charge in [0.05, 0.1) is 4.90 Å². The number of alkyl halides is 3. The lowest BCUT2D eigenvalue weighted by Crippen LogP contribution is -2.23. The zero-order valence-electron chi connectivity index (χ0n) is 15.8. The molecule has 158 valence electrons. The Bertz CT molecular complexity index is 1190. The van der Waals surface area contributed by atoms with Gasteiger partial charge in [-0.25, -0.2) is 17.9 Å². The summed E-state index contributed by atoms with van der Waals surface area (Å²) in [6, 6.07) is 6.30. The van der Waals surface area contributed by atoms with E-state index in [1.54, 1.807) is 0 Å². The van der Waals surface area contributed by atoms with Gasteiger partial charge in [-0.15, -0.1) is 0 Å². The smallest absolute Gasteiger partial charge is 0.433 e. The van der Waals surface area contributed by atoms with Gasteiger partial charge in [-0.1, -0.05) is 12.1 Å². The van der Waals surface area contributed by atoms with E-state index in [1.807, 2.05) is 0 Å². The molecule has 2 aromatic heterocycles. The Kier molecular flexibility index (Phi) is 5.42. The predicted molar refractivity (Wildman–Crippen MR) is 101 cm³/mol. The van der Waals surface area contributed by atoms with Crippen molar-refractivity contribution >= 4 is 15.8 Å². The third-order valence-corrected chi connectivity index (χ3v) is 5.56. The first-order valence-electron chi connectivity index (χ1n) is 8.54. The van der Waals surface area contributed by atoms with E-state index < -0.39 is 33.7 Å². The van der Waals surface area contributed by atoms with Crippen LogP contribution >= 0.6 is 0 Å². The quantitative estimate of drug-likeness (QED) is 0.651. The zero-order chi connectivity index (χ0) is 22.3. The van der Waals surface area contributed by atoms with Gasteiger partial charge in [-0.2, -0.15) is 18.3 Å². The molecule has 1 unspecified atom stereocenters. The van der Waals surface area contributed by atoms with Crippen molar-refractivity contribution < 1.29 is 31.5 Å². The van der Waals surface area contributed by atoms with E-state index in [-0.39, 0.29) is 27.3 Å². The van der Waals surface area contributed by atoms with Crippen LogP contribution < -0.4 is 0 Å². The molecule has 2 heterocycles. The Morgan fingerprint density at radius 3 is 2.10 bits per heavy atom. The lowest BCUT2D eigenvalue weighted by molar-refractivity contribution is -0.148. The number of nitrogens with zero attached hydrogens (tertiary/aromatic N) is 3. The first-order valence-corrected chi connectivity index (χ1v) is 10.4. The van der Waals surface area contributed by atoms with Gasteiger partial charge in [-0.05, 0) is 36.8 Å². The van der Waals surface area contributed by atoms with Crippen molar-refractivity contribution in [2.75, 3.05) is 6.26 Å². The number of pyridine rings is 1. The summed E-state index contributed by atoms with van der Waals surface area (Å²) >= 11 is 0. The summed E-state index contributed by atoms with van der Waals surface area (Å²) in [5.74, 6) is -1.48. The minimum Gasteiger partial charge on any atom is -0.480 e. The van der Waals surface area contributed by atoms with Crippen LogP contribution in [0.25, 0.3) is 22.4 Å². The lowest BCUT2D eigenvalue weighted by Gasteiger charge is -2.15. The zero-order valence-corrected chi connectivity index (χ0v) is 16.6.